The van der Waals surface area contributed by atoms with Crippen LogP contribution in [0.3, 0.4) is 0 Å². The molecule has 0 spiro atoms. The van der Waals surface area contributed by atoms with Gasteiger partial charge in [-0.15, -0.1) is 0 Å². The molecule has 0 bridgehead atoms. The zero-order valence-corrected chi connectivity index (χ0v) is 19.9. The van der Waals surface area contributed by atoms with Gasteiger partial charge in [0.2, 0.25) is 5.95 Å². The Labute approximate surface area is 201 Å². The highest BCUT2D eigenvalue weighted by atomic mass is 15.2. The van der Waals surface area contributed by atoms with E-state index in [0.717, 1.165) is 50.4 Å². The molecule has 6 heteroatoms. The smallest absolute Gasteiger partial charge is 0.223 e. The molecule has 0 amide bonds. The number of aromatic amines is 1. The summed E-state index contributed by atoms with van der Waals surface area (Å²) in [5.41, 5.74) is 5.91. The monoisotopic (exact) mass is 454 g/mol. The van der Waals surface area contributed by atoms with Crippen molar-refractivity contribution in [1.82, 2.24) is 25.2 Å². The Morgan fingerprint density at radius 3 is 2.82 bits per heavy atom. The lowest BCUT2D eigenvalue weighted by atomic mass is 10.0. The molecular weight excluding hydrogens is 420 g/mol. The van der Waals surface area contributed by atoms with Crippen molar-refractivity contribution >= 4 is 16.9 Å². The number of piperidine rings is 1. The number of nitrogens with zero attached hydrogens (tertiary/aromatic N) is 3. The topological polar surface area (TPSA) is 68.9 Å². The third-order valence-corrected chi connectivity index (χ3v) is 6.81. The quantitative estimate of drug-likeness (QED) is 0.337. The number of aromatic nitrogens is 3. The fraction of sp³-hybridized carbons (Fsp3) is 0.357. The molecule has 0 atom stereocenters. The first kappa shape index (κ1) is 22.6. The molecule has 2 aromatic carbocycles. The lowest BCUT2D eigenvalue weighted by molar-refractivity contribution is 0.162. The van der Waals surface area contributed by atoms with Gasteiger partial charge in [-0.05, 0) is 85.7 Å². The van der Waals surface area contributed by atoms with Crippen molar-refractivity contribution in [3.63, 3.8) is 0 Å². The van der Waals surface area contributed by atoms with E-state index >= 15 is 0 Å². The summed E-state index contributed by atoms with van der Waals surface area (Å²) >= 11 is 0. The molecule has 0 aliphatic carbocycles. The molecule has 1 fully saturated rings. The predicted molar refractivity (Wildman–Crippen MR) is 140 cm³/mol. The summed E-state index contributed by atoms with van der Waals surface area (Å²) in [6, 6.07) is 20.1. The molecule has 1 saturated heterocycles. The largest absolute Gasteiger partial charge is 0.361 e. The first-order chi connectivity index (χ1) is 16.8. The highest BCUT2D eigenvalue weighted by Crippen LogP contribution is 2.22. The summed E-state index contributed by atoms with van der Waals surface area (Å²) in [5.74, 6) is 0.676. The standard InChI is InChI=1S/C28H34N6/c1-2-34(25-10-13-29-14-11-25)20-22-4-3-5-23(19-22)27-12-17-32-28(33-27)31-15-8-21-6-7-26-24(18-21)9-16-30-26/h3-7,9,12,16-19,25,29-30H,2,8,10-11,13-15,20H2,1H3,(H,31,32,33). The van der Waals surface area contributed by atoms with Crippen molar-refractivity contribution in [3.05, 3.63) is 78.1 Å². The van der Waals surface area contributed by atoms with Crippen LogP contribution in [0.2, 0.25) is 0 Å². The molecule has 0 radical (unpaired) electrons. The van der Waals surface area contributed by atoms with Crippen LogP contribution in [0.4, 0.5) is 5.95 Å². The van der Waals surface area contributed by atoms with E-state index in [-0.39, 0.29) is 0 Å². The van der Waals surface area contributed by atoms with E-state index in [9.17, 15) is 0 Å². The second-order valence-electron chi connectivity index (χ2n) is 9.09. The van der Waals surface area contributed by atoms with Gasteiger partial charge in [0, 0.05) is 42.6 Å². The molecule has 34 heavy (non-hydrogen) atoms. The van der Waals surface area contributed by atoms with E-state index in [1.807, 2.05) is 18.5 Å². The summed E-state index contributed by atoms with van der Waals surface area (Å²) in [4.78, 5) is 15.1. The van der Waals surface area contributed by atoms with Crippen molar-refractivity contribution < 1.29 is 0 Å². The third-order valence-electron chi connectivity index (χ3n) is 6.81. The molecule has 3 heterocycles. The van der Waals surface area contributed by atoms with Crippen molar-refractivity contribution in [2.24, 2.45) is 0 Å². The number of benzene rings is 2. The summed E-state index contributed by atoms with van der Waals surface area (Å²) in [5, 5.41) is 8.12. The van der Waals surface area contributed by atoms with Crippen LogP contribution < -0.4 is 10.6 Å². The average molecular weight is 455 g/mol. The van der Waals surface area contributed by atoms with E-state index in [0.29, 0.717) is 12.0 Å². The lowest BCUT2D eigenvalue weighted by Gasteiger charge is -2.34. The van der Waals surface area contributed by atoms with Gasteiger partial charge in [0.1, 0.15) is 0 Å². The number of anilines is 1. The van der Waals surface area contributed by atoms with Crippen molar-refractivity contribution in [2.75, 3.05) is 31.5 Å². The van der Waals surface area contributed by atoms with E-state index in [4.69, 9.17) is 4.98 Å². The highest BCUT2D eigenvalue weighted by Gasteiger charge is 2.19. The van der Waals surface area contributed by atoms with Gasteiger partial charge in [-0.2, -0.15) is 0 Å². The van der Waals surface area contributed by atoms with Crippen molar-refractivity contribution in [1.29, 1.82) is 0 Å². The zero-order valence-electron chi connectivity index (χ0n) is 19.9. The molecule has 4 aromatic rings. The Bertz CT molecular complexity index is 1210. The minimum Gasteiger partial charge on any atom is -0.361 e. The van der Waals surface area contributed by atoms with Crippen LogP contribution >= 0.6 is 0 Å². The van der Waals surface area contributed by atoms with Crippen LogP contribution in [-0.2, 0) is 13.0 Å². The van der Waals surface area contributed by atoms with Crippen LogP contribution in [0.25, 0.3) is 22.2 Å². The number of hydrogen-bond acceptors (Lipinski definition) is 5. The summed E-state index contributed by atoms with van der Waals surface area (Å²) in [6.07, 6.45) is 7.21. The maximum absolute atomic E-state index is 4.80. The van der Waals surface area contributed by atoms with Crippen LogP contribution in [-0.4, -0.2) is 52.1 Å². The molecule has 6 nitrogen and oxygen atoms in total. The van der Waals surface area contributed by atoms with Crippen molar-refractivity contribution in [2.45, 2.75) is 38.8 Å². The number of hydrogen-bond donors (Lipinski definition) is 3. The molecule has 176 valence electrons. The Morgan fingerprint density at radius 2 is 1.94 bits per heavy atom. The van der Waals surface area contributed by atoms with Gasteiger partial charge < -0.3 is 15.6 Å². The van der Waals surface area contributed by atoms with Gasteiger partial charge in [0.15, 0.2) is 0 Å². The lowest BCUT2D eigenvalue weighted by Crippen LogP contribution is -2.42. The fourth-order valence-electron chi connectivity index (χ4n) is 4.92. The summed E-state index contributed by atoms with van der Waals surface area (Å²) < 4.78 is 0. The van der Waals surface area contributed by atoms with Gasteiger partial charge in [0.25, 0.3) is 0 Å². The Kier molecular flexibility index (Phi) is 7.17. The van der Waals surface area contributed by atoms with E-state index in [1.165, 1.54) is 34.9 Å². The maximum atomic E-state index is 4.80. The Morgan fingerprint density at radius 1 is 1.03 bits per heavy atom. The first-order valence-electron chi connectivity index (χ1n) is 12.5. The van der Waals surface area contributed by atoms with Crippen LogP contribution in [0, 0.1) is 0 Å². The number of rotatable bonds is 9. The van der Waals surface area contributed by atoms with Crippen LogP contribution in [0.15, 0.2) is 67.0 Å². The zero-order chi connectivity index (χ0) is 23.2. The number of nitrogens with one attached hydrogen (secondary N) is 3. The van der Waals surface area contributed by atoms with Gasteiger partial charge in [-0.25, -0.2) is 9.97 Å². The van der Waals surface area contributed by atoms with Crippen molar-refractivity contribution in [3.8, 4) is 11.3 Å². The van der Waals surface area contributed by atoms with Crippen LogP contribution in [0.5, 0.6) is 0 Å². The first-order valence-corrected chi connectivity index (χ1v) is 12.5. The second kappa shape index (κ2) is 10.8. The average Bonchev–Trinajstić information content (AvgIpc) is 3.36. The SMILES string of the molecule is CCN(Cc1cccc(-c2ccnc(NCCc3ccc4[nH]ccc4c3)n2)c1)C1CCNCC1. The molecule has 0 saturated carbocycles. The Balaban J connectivity index is 1.22. The predicted octanol–water partition coefficient (Wildman–Crippen LogP) is 4.85. The minimum atomic E-state index is 0.669. The summed E-state index contributed by atoms with van der Waals surface area (Å²) in [6.45, 7) is 7.37. The van der Waals surface area contributed by atoms with Crippen LogP contribution in [0.1, 0.15) is 30.9 Å². The van der Waals surface area contributed by atoms with Gasteiger partial charge >= 0.3 is 0 Å². The van der Waals surface area contributed by atoms with E-state index < -0.39 is 0 Å². The fourth-order valence-corrected chi connectivity index (χ4v) is 4.92. The number of H-pyrrole nitrogens is 1. The van der Waals surface area contributed by atoms with Gasteiger partial charge in [0.05, 0.1) is 5.69 Å². The highest BCUT2D eigenvalue weighted by molar-refractivity contribution is 5.79. The second-order valence-corrected chi connectivity index (χ2v) is 9.09. The normalized spacial score (nSPS) is 14.6. The minimum absolute atomic E-state index is 0.669. The maximum Gasteiger partial charge on any atom is 0.223 e. The molecule has 5 rings (SSSR count). The molecule has 1 aliphatic rings. The number of fused-ring (bicyclic) bond motifs is 1. The molecule has 3 N–H and O–H groups in total. The summed E-state index contributed by atoms with van der Waals surface area (Å²) in [7, 11) is 0. The van der Waals surface area contributed by atoms with Gasteiger partial charge in [-0.3, -0.25) is 4.90 Å². The van der Waals surface area contributed by atoms with E-state index in [2.05, 4.69) is 81.0 Å². The third kappa shape index (κ3) is 5.46. The van der Waals surface area contributed by atoms with Gasteiger partial charge in [-0.1, -0.05) is 31.2 Å². The molecular formula is C28H34N6. The molecule has 2 aromatic heterocycles. The molecule has 1 aliphatic heterocycles. The Hall–Kier alpha value is -3.22. The van der Waals surface area contributed by atoms with E-state index in [1.54, 1.807) is 0 Å². The molecule has 0 unspecified atom stereocenters.